The third-order valence-corrected chi connectivity index (χ3v) is 3.77. The Labute approximate surface area is 128 Å². The van der Waals surface area contributed by atoms with Crippen molar-refractivity contribution in [2.75, 3.05) is 13.6 Å². The van der Waals surface area contributed by atoms with E-state index in [1.807, 2.05) is 11.9 Å². The fraction of sp³-hybridized carbons (Fsp3) is 0.250. The molecule has 0 heterocycles. The van der Waals surface area contributed by atoms with Crippen LogP contribution in [0.2, 0.25) is 5.02 Å². The molecule has 5 heteroatoms. The Morgan fingerprint density at radius 2 is 1.86 bits per heavy atom. The Morgan fingerprint density at radius 3 is 2.48 bits per heavy atom. The minimum Gasteiger partial charge on any atom is -0.329 e. The topological polar surface area (TPSA) is 29.3 Å². The van der Waals surface area contributed by atoms with Crippen molar-refractivity contribution in [2.45, 2.75) is 12.6 Å². The molecule has 0 fully saturated rings. The molecule has 0 aliphatic carbocycles. The van der Waals surface area contributed by atoms with Crippen molar-refractivity contribution in [1.29, 1.82) is 0 Å². The number of likely N-dealkylation sites (N-methyl/N-ethyl adjacent to an activating group) is 1. The Kier molecular flexibility index (Phi) is 5.28. The molecular formula is C16H17ClF2N2. The SMILES string of the molecule is CN(Cc1ccccc1F)C(CN)c1ccc(Cl)c(F)c1. The van der Waals surface area contributed by atoms with Crippen molar-refractivity contribution in [3.05, 3.63) is 70.2 Å². The normalized spacial score (nSPS) is 12.7. The number of rotatable bonds is 5. The summed E-state index contributed by atoms with van der Waals surface area (Å²) in [6, 6.07) is 11.0. The van der Waals surface area contributed by atoms with Gasteiger partial charge in [0.2, 0.25) is 0 Å². The summed E-state index contributed by atoms with van der Waals surface area (Å²) in [6.45, 7) is 0.685. The summed E-state index contributed by atoms with van der Waals surface area (Å²) >= 11 is 5.69. The van der Waals surface area contributed by atoms with Crippen LogP contribution in [0, 0.1) is 11.6 Å². The average molecular weight is 311 g/mol. The van der Waals surface area contributed by atoms with Crippen molar-refractivity contribution in [3.63, 3.8) is 0 Å². The Morgan fingerprint density at radius 1 is 1.14 bits per heavy atom. The van der Waals surface area contributed by atoms with Gasteiger partial charge in [-0.2, -0.15) is 0 Å². The van der Waals surface area contributed by atoms with E-state index in [0.29, 0.717) is 18.7 Å². The molecule has 2 aromatic carbocycles. The third-order valence-electron chi connectivity index (χ3n) is 3.46. The van der Waals surface area contributed by atoms with Crippen LogP contribution in [0.25, 0.3) is 0 Å². The van der Waals surface area contributed by atoms with Gasteiger partial charge in [0.25, 0.3) is 0 Å². The first kappa shape index (κ1) is 15.9. The van der Waals surface area contributed by atoms with Gasteiger partial charge < -0.3 is 5.73 Å². The molecule has 0 radical (unpaired) electrons. The summed E-state index contributed by atoms with van der Waals surface area (Å²) < 4.78 is 27.3. The standard InChI is InChI=1S/C16H17ClF2N2/c1-21(10-12-4-2-3-5-14(12)18)16(9-20)11-6-7-13(17)15(19)8-11/h2-8,16H,9-10,20H2,1H3. The largest absolute Gasteiger partial charge is 0.329 e. The average Bonchev–Trinajstić information content (AvgIpc) is 2.46. The second-order valence-corrected chi connectivity index (χ2v) is 5.34. The first-order valence-corrected chi connectivity index (χ1v) is 6.99. The second kappa shape index (κ2) is 6.98. The highest BCUT2D eigenvalue weighted by Gasteiger charge is 2.18. The van der Waals surface area contributed by atoms with Crippen LogP contribution in [0.1, 0.15) is 17.2 Å². The number of halogens is 3. The molecule has 2 N–H and O–H groups in total. The van der Waals surface area contributed by atoms with E-state index in [0.717, 1.165) is 5.56 Å². The molecule has 0 spiro atoms. The first-order chi connectivity index (χ1) is 10.0. The molecule has 0 saturated heterocycles. The fourth-order valence-electron chi connectivity index (χ4n) is 2.30. The van der Waals surface area contributed by atoms with Crippen LogP contribution in [0.5, 0.6) is 0 Å². The van der Waals surface area contributed by atoms with E-state index in [-0.39, 0.29) is 16.9 Å². The molecule has 112 valence electrons. The minimum atomic E-state index is -0.480. The molecule has 0 aliphatic heterocycles. The second-order valence-electron chi connectivity index (χ2n) is 4.93. The highest BCUT2D eigenvalue weighted by atomic mass is 35.5. The van der Waals surface area contributed by atoms with Crippen molar-refractivity contribution < 1.29 is 8.78 Å². The molecular weight excluding hydrogens is 294 g/mol. The van der Waals surface area contributed by atoms with Crippen molar-refractivity contribution in [3.8, 4) is 0 Å². The Bertz CT molecular complexity index is 619. The molecule has 0 amide bonds. The highest BCUT2D eigenvalue weighted by molar-refractivity contribution is 6.30. The van der Waals surface area contributed by atoms with Gasteiger partial charge in [-0.3, -0.25) is 4.90 Å². The van der Waals surface area contributed by atoms with Crippen LogP contribution < -0.4 is 5.73 Å². The lowest BCUT2D eigenvalue weighted by atomic mass is 10.0. The Hall–Kier alpha value is -1.49. The van der Waals surface area contributed by atoms with Gasteiger partial charge >= 0.3 is 0 Å². The van der Waals surface area contributed by atoms with E-state index in [1.165, 1.54) is 18.2 Å². The van der Waals surface area contributed by atoms with E-state index in [4.69, 9.17) is 17.3 Å². The molecule has 0 aromatic heterocycles. The summed E-state index contributed by atoms with van der Waals surface area (Å²) in [4.78, 5) is 1.89. The van der Waals surface area contributed by atoms with Crippen molar-refractivity contribution in [1.82, 2.24) is 4.90 Å². The molecule has 2 rings (SSSR count). The molecule has 2 aromatic rings. The number of nitrogens with zero attached hydrogens (tertiary/aromatic N) is 1. The maximum atomic E-state index is 13.7. The van der Waals surface area contributed by atoms with E-state index in [9.17, 15) is 8.78 Å². The van der Waals surface area contributed by atoms with Crippen LogP contribution in [0.4, 0.5) is 8.78 Å². The van der Waals surface area contributed by atoms with Gasteiger partial charge in [0.15, 0.2) is 0 Å². The van der Waals surface area contributed by atoms with E-state index in [1.54, 1.807) is 24.3 Å². The van der Waals surface area contributed by atoms with Crippen molar-refractivity contribution in [2.24, 2.45) is 5.73 Å². The van der Waals surface area contributed by atoms with Gasteiger partial charge in [0, 0.05) is 24.7 Å². The van der Waals surface area contributed by atoms with Crippen molar-refractivity contribution >= 4 is 11.6 Å². The summed E-state index contributed by atoms with van der Waals surface area (Å²) in [7, 11) is 1.83. The quantitative estimate of drug-likeness (QED) is 0.911. The smallest absolute Gasteiger partial charge is 0.142 e. The van der Waals surface area contributed by atoms with E-state index >= 15 is 0 Å². The lowest BCUT2D eigenvalue weighted by molar-refractivity contribution is 0.238. The third kappa shape index (κ3) is 3.79. The number of hydrogen-bond acceptors (Lipinski definition) is 2. The number of nitrogens with two attached hydrogens (primary N) is 1. The number of benzene rings is 2. The maximum Gasteiger partial charge on any atom is 0.142 e. The fourth-order valence-corrected chi connectivity index (χ4v) is 2.41. The molecule has 2 nitrogen and oxygen atoms in total. The van der Waals surface area contributed by atoms with Crippen LogP contribution >= 0.6 is 11.6 Å². The predicted octanol–water partition coefficient (Wildman–Crippen LogP) is 3.75. The summed E-state index contributed by atoms with van der Waals surface area (Å²) in [5.74, 6) is -0.741. The zero-order valence-corrected chi connectivity index (χ0v) is 12.4. The molecule has 0 saturated carbocycles. The zero-order chi connectivity index (χ0) is 15.4. The summed E-state index contributed by atoms with van der Waals surface area (Å²) in [5.41, 5.74) is 7.09. The minimum absolute atomic E-state index is 0.0753. The van der Waals surface area contributed by atoms with Crippen LogP contribution in [-0.2, 0) is 6.54 Å². The zero-order valence-electron chi connectivity index (χ0n) is 11.7. The first-order valence-electron chi connectivity index (χ1n) is 6.61. The molecule has 21 heavy (non-hydrogen) atoms. The lowest BCUT2D eigenvalue weighted by Crippen LogP contribution is -2.30. The van der Waals surface area contributed by atoms with Gasteiger partial charge in [-0.05, 0) is 30.8 Å². The predicted molar refractivity (Wildman–Crippen MR) is 81.1 cm³/mol. The van der Waals surface area contributed by atoms with E-state index < -0.39 is 5.82 Å². The van der Waals surface area contributed by atoms with Gasteiger partial charge in [-0.1, -0.05) is 35.9 Å². The summed E-state index contributed by atoms with van der Waals surface area (Å²) in [6.07, 6.45) is 0. The molecule has 0 bridgehead atoms. The Balaban J connectivity index is 2.20. The monoisotopic (exact) mass is 310 g/mol. The number of hydrogen-bond donors (Lipinski definition) is 1. The summed E-state index contributed by atoms with van der Waals surface area (Å²) in [5, 5.41) is 0.0753. The maximum absolute atomic E-state index is 13.7. The van der Waals surface area contributed by atoms with Crippen LogP contribution in [0.3, 0.4) is 0 Å². The van der Waals surface area contributed by atoms with Gasteiger partial charge in [0.1, 0.15) is 11.6 Å². The van der Waals surface area contributed by atoms with Crippen LogP contribution in [-0.4, -0.2) is 18.5 Å². The van der Waals surface area contributed by atoms with Gasteiger partial charge in [-0.25, -0.2) is 8.78 Å². The van der Waals surface area contributed by atoms with Gasteiger partial charge in [-0.15, -0.1) is 0 Å². The molecule has 1 atom stereocenters. The van der Waals surface area contributed by atoms with Gasteiger partial charge in [0.05, 0.1) is 5.02 Å². The highest BCUT2D eigenvalue weighted by Crippen LogP contribution is 2.24. The molecule has 0 aliphatic rings. The lowest BCUT2D eigenvalue weighted by Gasteiger charge is -2.27. The molecule has 1 unspecified atom stereocenters. The van der Waals surface area contributed by atoms with Crippen LogP contribution in [0.15, 0.2) is 42.5 Å². The van der Waals surface area contributed by atoms with E-state index in [2.05, 4.69) is 0 Å².